The Bertz CT molecular complexity index is 557. The zero-order valence-electron chi connectivity index (χ0n) is 11.6. The third-order valence-electron chi connectivity index (χ3n) is 3.25. The van der Waals surface area contributed by atoms with Gasteiger partial charge in [-0.05, 0) is 25.0 Å². The molecule has 0 radical (unpaired) electrons. The Kier molecular flexibility index (Phi) is 4.00. The summed E-state index contributed by atoms with van der Waals surface area (Å²) >= 11 is 0. The molecule has 19 heavy (non-hydrogen) atoms. The van der Waals surface area contributed by atoms with Crippen molar-refractivity contribution in [1.82, 2.24) is 15.1 Å². The van der Waals surface area contributed by atoms with E-state index in [1.165, 1.54) is 5.56 Å². The van der Waals surface area contributed by atoms with Gasteiger partial charge in [0.25, 0.3) is 5.91 Å². The lowest BCUT2D eigenvalue weighted by Crippen LogP contribution is -2.29. The van der Waals surface area contributed by atoms with Crippen LogP contribution in [0.1, 0.15) is 41.0 Å². The van der Waals surface area contributed by atoms with Crippen molar-refractivity contribution >= 4 is 5.91 Å². The van der Waals surface area contributed by atoms with Gasteiger partial charge in [-0.1, -0.05) is 36.8 Å². The molecule has 0 aliphatic carbocycles. The first-order valence-corrected chi connectivity index (χ1v) is 6.47. The maximum atomic E-state index is 12.2. The number of benzene rings is 1. The third kappa shape index (κ3) is 3.02. The highest BCUT2D eigenvalue weighted by Gasteiger charge is 2.16. The molecule has 1 unspecified atom stereocenters. The van der Waals surface area contributed by atoms with E-state index < -0.39 is 0 Å². The smallest absolute Gasteiger partial charge is 0.270 e. The number of aryl methyl sites for hydroxylation is 2. The van der Waals surface area contributed by atoms with Crippen molar-refractivity contribution in [2.24, 2.45) is 7.05 Å². The Hall–Kier alpha value is -2.10. The minimum absolute atomic E-state index is 0.0306. The molecule has 2 rings (SSSR count). The van der Waals surface area contributed by atoms with Crippen molar-refractivity contribution in [2.45, 2.75) is 26.3 Å². The van der Waals surface area contributed by atoms with E-state index in [0.717, 1.165) is 12.0 Å². The summed E-state index contributed by atoms with van der Waals surface area (Å²) < 4.78 is 1.58. The number of nitrogens with one attached hydrogen (secondary N) is 1. The first-order chi connectivity index (χ1) is 9.11. The van der Waals surface area contributed by atoms with Crippen LogP contribution in [0.25, 0.3) is 0 Å². The Morgan fingerprint density at radius 1 is 1.32 bits per heavy atom. The van der Waals surface area contributed by atoms with Gasteiger partial charge in [0.1, 0.15) is 5.69 Å². The fourth-order valence-electron chi connectivity index (χ4n) is 2.05. The number of carbonyl (C=O) groups excluding carboxylic acids is 1. The van der Waals surface area contributed by atoms with Crippen LogP contribution >= 0.6 is 0 Å². The highest BCUT2D eigenvalue weighted by Crippen LogP contribution is 2.17. The van der Waals surface area contributed by atoms with Gasteiger partial charge < -0.3 is 5.32 Å². The molecule has 4 nitrogen and oxygen atoms in total. The highest BCUT2D eigenvalue weighted by molar-refractivity contribution is 5.92. The molecule has 0 saturated heterocycles. The van der Waals surface area contributed by atoms with E-state index >= 15 is 0 Å². The van der Waals surface area contributed by atoms with Gasteiger partial charge in [-0.3, -0.25) is 9.48 Å². The maximum Gasteiger partial charge on any atom is 0.270 e. The van der Waals surface area contributed by atoms with Crippen LogP contribution < -0.4 is 5.32 Å². The van der Waals surface area contributed by atoms with Gasteiger partial charge in [0.2, 0.25) is 0 Å². The third-order valence-corrected chi connectivity index (χ3v) is 3.25. The molecule has 1 amide bonds. The van der Waals surface area contributed by atoms with Gasteiger partial charge in [-0.25, -0.2) is 0 Å². The fraction of sp³-hybridized carbons (Fsp3) is 0.333. The predicted molar refractivity (Wildman–Crippen MR) is 74.9 cm³/mol. The van der Waals surface area contributed by atoms with Gasteiger partial charge in [-0.2, -0.15) is 5.10 Å². The molecule has 1 aromatic carbocycles. The SMILES string of the molecule is CCC(NC(=O)c1ccnn1C)c1ccc(C)cc1. The molecule has 0 spiro atoms. The summed E-state index contributed by atoms with van der Waals surface area (Å²) in [5.74, 6) is -0.0903. The summed E-state index contributed by atoms with van der Waals surface area (Å²) in [5, 5.41) is 7.06. The van der Waals surface area contributed by atoms with Crippen LogP contribution in [-0.2, 0) is 7.05 Å². The number of nitrogens with zero attached hydrogens (tertiary/aromatic N) is 2. The summed E-state index contributed by atoms with van der Waals surface area (Å²) in [6.45, 7) is 4.12. The minimum Gasteiger partial charge on any atom is -0.344 e. The van der Waals surface area contributed by atoms with E-state index in [-0.39, 0.29) is 11.9 Å². The van der Waals surface area contributed by atoms with E-state index in [1.54, 1.807) is 24.0 Å². The van der Waals surface area contributed by atoms with Crippen molar-refractivity contribution in [2.75, 3.05) is 0 Å². The molecule has 1 atom stereocenters. The van der Waals surface area contributed by atoms with E-state index in [0.29, 0.717) is 5.69 Å². The lowest BCUT2D eigenvalue weighted by Gasteiger charge is -2.17. The van der Waals surface area contributed by atoms with E-state index in [9.17, 15) is 4.79 Å². The van der Waals surface area contributed by atoms with Crippen LogP contribution in [0, 0.1) is 6.92 Å². The average molecular weight is 257 g/mol. The van der Waals surface area contributed by atoms with Crippen LogP contribution in [0.2, 0.25) is 0 Å². The molecule has 1 aromatic heterocycles. The second-order valence-corrected chi connectivity index (χ2v) is 4.69. The fourth-order valence-corrected chi connectivity index (χ4v) is 2.05. The van der Waals surface area contributed by atoms with Crippen LogP contribution in [0.5, 0.6) is 0 Å². The molecular weight excluding hydrogens is 238 g/mol. The maximum absolute atomic E-state index is 12.2. The Balaban J connectivity index is 2.13. The van der Waals surface area contributed by atoms with Gasteiger partial charge in [0.15, 0.2) is 0 Å². The number of aromatic nitrogens is 2. The molecule has 4 heteroatoms. The van der Waals surface area contributed by atoms with Crippen molar-refractivity contribution in [3.05, 3.63) is 53.3 Å². The highest BCUT2D eigenvalue weighted by atomic mass is 16.2. The van der Waals surface area contributed by atoms with Gasteiger partial charge in [-0.15, -0.1) is 0 Å². The summed E-state index contributed by atoms with van der Waals surface area (Å²) in [7, 11) is 1.77. The lowest BCUT2D eigenvalue weighted by molar-refractivity contribution is 0.0926. The van der Waals surface area contributed by atoms with Crippen LogP contribution in [0.3, 0.4) is 0 Å². The predicted octanol–water partition coefficient (Wildman–Crippen LogP) is 2.61. The summed E-state index contributed by atoms with van der Waals surface area (Å²) in [5.41, 5.74) is 2.92. The molecule has 1 N–H and O–H groups in total. The molecule has 100 valence electrons. The number of rotatable bonds is 4. The summed E-state index contributed by atoms with van der Waals surface area (Å²) in [4.78, 5) is 12.2. The first kappa shape index (κ1) is 13.3. The average Bonchev–Trinajstić information content (AvgIpc) is 2.83. The standard InChI is InChI=1S/C15H19N3O/c1-4-13(12-7-5-11(2)6-8-12)17-15(19)14-9-10-16-18(14)3/h5-10,13H,4H2,1-3H3,(H,17,19). The normalized spacial score (nSPS) is 12.2. The van der Waals surface area contributed by atoms with Gasteiger partial charge >= 0.3 is 0 Å². The lowest BCUT2D eigenvalue weighted by atomic mass is 10.0. The van der Waals surface area contributed by atoms with Crippen molar-refractivity contribution in [3.63, 3.8) is 0 Å². The van der Waals surface area contributed by atoms with Crippen molar-refractivity contribution in [3.8, 4) is 0 Å². The summed E-state index contributed by atoms with van der Waals surface area (Å²) in [6.07, 6.45) is 2.48. The van der Waals surface area contributed by atoms with Crippen LogP contribution in [0.4, 0.5) is 0 Å². The molecule has 0 aliphatic rings. The topological polar surface area (TPSA) is 46.9 Å². The number of carbonyl (C=O) groups is 1. The number of hydrogen-bond acceptors (Lipinski definition) is 2. The molecule has 2 aromatic rings. The van der Waals surface area contributed by atoms with Crippen LogP contribution in [0.15, 0.2) is 36.5 Å². The molecule has 1 heterocycles. The quantitative estimate of drug-likeness (QED) is 0.915. The number of amides is 1. The largest absolute Gasteiger partial charge is 0.344 e. The zero-order chi connectivity index (χ0) is 13.8. The van der Waals surface area contributed by atoms with E-state index in [2.05, 4.69) is 48.5 Å². The molecular formula is C15H19N3O. The molecule has 0 aliphatic heterocycles. The number of hydrogen-bond donors (Lipinski definition) is 1. The zero-order valence-corrected chi connectivity index (χ0v) is 11.6. The van der Waals surface area contributed by atoms with Crippen molar-refractivity contribution < 1.29 is 4.79 Å². The van der Waals surface area contributed by atoms with Gasteiger partial charge in [0, 0.05) is 13.2 Å². The second kappa shape index (κ2) is 5.69. The second-order valence-electron chi connectivity index (χ2n) is 4.69. The summed E-state index contributed by atoms with van der Waals surface area (Å²) in [6, 6.07) is 10.0. The minimum atomic E-state index is -0.0903. The van der Waals surface area contributed by atoms with Crippen LogP contribution in [-0.4, -0.2) is 15.7 Å². The molecule has 0 saturated carbocycles. The van der Waals surface area contributed by atoms with E-state index in [1.807, 2.05) is 0 Å². The molecule has 0 fully saturated rings. The Morgan fingerprint density at radius 3 is 2.53 bits per heavy atom. The molecule has 0 bridgehead atoms. The first-order valence-electron chi connectivity index (χ1n) is 6.47. The van der Waals surface area contributed by atoms with E-state index in [4.69, 9.17) is 0 Å². The van der Waals surface area contributed by atoms with Crippen molar-refractivity contribution in [1.29, 1.82) is 0 Å². The van der Waals surface area contributed by atoms with Gasteiger partial charge in [0.05, 0.1) is 6.04 Å². The monoisotopic (exact) mass is 257 g/mol. The Labute approximate surface area is 113 Å². The Morgan fingerprint density at radius 2 is 2.00 bits per heavy atom.